The molecule has 100 valence electrons. The SMILES string of the molecule is N[C@H]1CC[C@H](NC(=O)c2cc(CCO)on2)CC1. The Morgan fingerprint density at radius 1 is 1.50 bits per heavy atom. The Balaban J connectivity index is 1.86. The van der Waals surface area contributed by atoms with Gasteiger partial charge in [-0.25, -0.2) is 0 Å². The van der Waals surface area contributed by atoms with Gasteiger partial charge in [0.2, 0.25) is 0 Å². The maximum absolute atomic E-state index is 11.9. The molecule has 6 heteroatoms. The molecule has 1 aliphatic rings. The van der Waals surface area contributed by atoms with Crippen LogP contribution < -0.4 is 11.1 Å². The van der Waals surface area contributed by atoms with E-state index in [-0.39, 0.29) is 30.3 Å². The highest BCUT2D eigenvalue weighted by Crippen LogP contribution is 2.17. The highest BCUT2D eigenvalue weighted by atomic mass is 16.5. The number of aliphatic hydroxyl groups excluding tert-OH is 1. The van der Waals surface area contributed by atoms with E-state index in [1.165, 1.54) is 0 Å². The van der Waals surface area contributed by atoms with Crippen LogP contribution in [0.3, 0.4) is 0 Å². The van der Waals surface area contributed by atoms with Gasteiger partial charge in [-0.05, 0) is 25.7 Å². The number of rotatable bonds is 4. The topological polar surface area (TPSA) is 101 Å². The van der Waals surface area contributed by atoms with E-state index in [9.17, 15) is 4.79 Å². The van der Waals surface area contributed by atoms with Gasteiger partial charge in [-0.15, -0.1) is 0 Å². The van der Waals surface area contributed by atoms with Gasteiger partial charge in [0.1, 0.15) is 5.76 Å². The van der Waals surface area contributed by atoms with Crippen molar-refractivity contribution in [1.29, 1.82) is 0 Å². The summed E-state index contributed by atoms with van der Waals surface area (Å²) in [5.74, 6) is 0.303. The van der Waals surface area contributed by atoms with Crippen molar-refractivity contribution in [2.45, 2.75) is 44.2 Å². The van der Waals surface area contributed by atoms with Gasteiger partial charge in [0.15, 0.2) is 5.69 Å². The first-order valence-electron chi connectivity index (χ1n) is 6.32. The summed E-state index contributed by atoms with van der Waals surface area (Å²) < 4.78 is 4.94. The summed E-state index contributed by atoms with van der Waals surface area (Å²) in [5.41, 5.74) is 6.08. The van der Waals surface area contributed by atoms with Gasteiger partial charge < -0.3 is 20.7 Å². The average Bonchev–Trinajstić information content (AvgIpc) is 2.81. The van der Waals surface area contributed by atoms with Crippen molar-refractivity contribution in [3.8, 4) is 0 Å². The molecule has 1 amide bonds. The van der Waals surface area contributed by atoms with Crippen molar-refractivity contribution in [3.63, 3.8) is 0 Å². The van der Waals surface area contributed by atoms with Crippen LogP contribution in [0.1, 0.15) is 41.9 Å². The summed E-state index contributed by atoms with van der Waals surface area (Å²) in [6.45, 7) is -0.0171. The normalized spacial score (nSPS) is 23.9. The molecule has 6 nitrogen and oxygen atoms in total. The number of hydrogen-bond donors (Lipinski definition) is 3. The lowest BCUT2D eigenvalue weighted by Crippen LogP contribution is -2.40. The Hall–Kier alpha value is -1.40. The molecule has 18 heavy (non-hydrogen) atoms. The van der Waals surface area contributed by atoms with E-state index in [0.717, 1.165) is 25.7 Å². The first-order valence-corrected chi connectivity index (χ1v) is 6.32. The molecule has 0 atom stereocenters. The summed E-state index contributed by atoms with van der Waals surface area (Å²) in [6.07, 6.45) is 4.08. The van der Waals surface area contributed by atoms with Crippen LogP contribution in [0.2, 0.25) is 0 Å². The minimum Gasteiger partial charge on any atom is -0.396 e. The summed E-state index contributed by atoms with van der Waals surface area (Å²) in [6, 6.07) is 2.01. The van der Waals surface area contributed by atoms with Gasteiger partial charge in [0, 0.05) is 24.6 Å². The molecule has 0 saturated heterocycles. The molecule has 0 spiro atoms. The molecule has 0 aromatic carbocycles. The van der Waals surface area contributed by atoms with Crippen LogP contribution in [-0.4, -0.2) is 34.9 Å². The Morgan fingerprint density at radius 3 is 2.89 bits per heavy atom. The minimum atomic E-state index is -0.219. The monoisotopic (exact) mass is 253 g/mol. The molecule has 4 N–H and O–H groups in total. The van der Waals surface area contributed by atoms with E-state index >= 15 is 0 Å². The van der Waals surface area contributed by atoms with E-state index in [2.05, 4.69) is 10.5 Å². The van der Waals surface area contributed by atoms with Crippen molar-refractivity contribution in [2.24, 2.45) is 5.73 Å². The van der Waals surface area contributed by atoms with Crippen LogP contribution in [0.15, 0.2) is 10.6 Å². The first-order chi connectivity index (χ1) is 8.69. The van der Waals surface area contributed by atoms with Gasteiger partial charge in [-0.3, -0.25) is 4.79 Å². The molecule has 2 rings (SSSR count). The molecule has 1 heterocycles. The lowest BCUT2D eigenvalue weighted by Gasteiger charge is -2.26. The number of aliphatic hydroxyl groups is 1. The van der Waals surface area contributed by atoms with Crippen molar-refractivity contribution < 1.29 is 14.4 Å². The molecule has 1 aromatic rings. The molecular formula is C12H19N3O3. The van der Waals surface area contributed by atoms with E-state index in [0.29, 0.717) is 12.2 Å². The fraction of sp³-hybridized carbons (Fsp3) is 0.667. The second kappa shape index (κ2) is 5.97. The molecular weight excluding hydrogens is 234 g/mol. The first kappa shape index (κ1) is 13.0. The van der Waals surface area contributed by atoms with E-state index in [1.807, 2.05) is 0 Å². The number of nitrogens with two attached hydrogens (primary N) is 1. The summed E-state index contributed by atoms with van der Waals surface area (Å²) >= 11 is 0. The van der Waals surface area contributed by atoms with Crippen LogP contribution in [0.4, 0.5) is 0 Å². The van der Waals surface area contributed by atoms with Gasteiger partial charge in [-0.1, -0.05) is 5.16 Å². The Labute approximate surface area is 106 Å². The Morgan fingerprint density at radius 2 is 2.22 bits per heavy atom. The van der Waals surface area contributed by atoms with Crippen LogP contribution in [0, 0.1) is 0 Å². The van der Waals surface area contributed by atoms with Crippen LogP contribution in [0.25, 0.3) is 0 Å². The third kappa shape index (κ3) is 3.30. The highest BCUT2D eigenvalue weighted by Gasteiger charge is 2.21. The third-order valence-electron chi connectivity index (χ3n) is 3.26. The summed E-state index contributed by atoms with van der Waals surface area (Å²) in [7, 11) is 0. The van der Waals surface area contributed by atoms with Gasteiger partial charge in [0.05, 0.1) is 6.61 Å². The summed E-state index contributed by atoms with van der Waals surface area (Å²) in [4.78, 5) is 11.9. The molecule has 0 aliphatic heterocycles. The highest BCUT2D eigenvalue weighted by molar-refractivity contribution is 5.92. The predicted octanol–water partition coefficient (Wildman–Crippen LogP) is 0.209. The zero-order chi connectivity index (χ0) is 13.0. The predicted molar refractivity (Wildman–Crippen MR) is 65.0 cm³/mol. The zero-order valence-electron chi connectivity index (χ0n) is 10.3. The number of carbonyl (C=O) groups excluding carboxylic acids is 1. The number of nitrogens with one attached hydrogen (secondary N) is 1. The lowest BCUT2D eigenvalue weighted by atomic mass is 9.92. The van der Waals surface area contributed by atoms with Gasteiger partial charge in [0.25, 0.3) is 5.91 Å². The molecule has 0 unspecified atom stereocenters. The van der Waals surface area contributed by atoms with E-state index < -0.39 is 0 Å². The Bertz CT molecular complexity index is 397. The summed E-state index contributed by atoms with van der Waals surface area (Å²) in [5, 5.41) is 15.4. The van der Waals surface area contributed by atoms with Crippen molar-refractivity contribution in [2.75, 3.05) is 6.61 Å². The van der Waals surface area contributed by atoms with Crippen molar-refractivity contribution >= 4 is 5.91 Å². The fourth-order valence-corrected chi connectivity index (χ4v) is 2.17. The molecule has 1 fully saturated rings. The number of aromatic nitrogens is 1. The van der Waals surface area contributed by atoms with Gasteiger partial charge in [-0.2, -0.15) is 0 Å². The zero-order valence-corrected chi connectivity index (χ0v) is 10.3. The van der Waals surface area contributed by atoms with Gasteiger partial charge >= 0.3 is 0 Å². The second-order valence-corrected chi connectivity index (χ2v) is 4.74. The van der Waals surface area contributed by atoms with Crippen molar-refractivity contribution in [1.82, 2.24) is 10.5 Å². The lowest BCUT2D eigenvalue weighted by molar-refractivity contribution is 0.0916. The van der Waals surface area contributed by atoms with E-state index in [4.69, 9.17) is 15.4 Å². The maximum Gasteiger partial charge on any atom is 0.273 e. The van der Waals surface area contributed by atoms with Crippen LogP contribution >= 0.6 is 0 Å². The smallest absolute Gasteiger partial charge is 0.273 e. The molecule has 1 saturated carbocycles. The number of amides is 1. The second-order valence-electron chi connectivity index (χ2n) is 4.74. The standard InChI is InChI=1S/C12H19N3O3/c13-8-1-3-9(4-2-8)14-12(17)11-7-10(5-6-16)18-15-11/h7-9,16H,1-6,13H2,(H,14,17)/t8-,9-. The fourth-order valence-electron chi connectivity index (χ4n) is 2.17. The van der Waals surface area contributed by atoms with Crippen LogP contribution in [0.5, 0.6) is 0 Å². The average molecular weight is 253 g/mol. The van der Waals surface area contributed by atoms with Crippen molar-refractivity contribution in [3.05, 3.63) is 17.5 Å². The number of carbonyl (C=O) groups is 1. The minimum absolute atomic E-state index is 0.0171. The van der Waals surface area contributed by atoms with Crippen LogP contribution in [-0.2, 0) is 6.42 Å². The molecule has 0 bridgehead atoms. The Kier molecular flexibility index (Phi) is 4.33. The maximum atomic E-state index is 11.9. The number of hydrogen-bond acceptors (Lipinski definition) is 5. The molecule has 1 aromatic heterocycles. The number of nitrogens with zero attached hydrogens (tertiary/aromatic N) is 1. The molecule has 0 radical (unpaired) electrons. The molecule has 1 aliphatic carbocycles. The third-order valence-corrected chi connectivity index (χ3v) is 3.26. The largest absolute Gasteiger partial charge is 0.396 e. The quantitative estimate of drug-likeness (QED) is 0.712. The van der Waals surface area contributed by atoms with E-state index in [1.54, 1.807) is 6.07 Å².